The molecule has 22 heavy (non-hydrogen) atoms. The molecule has 2 bridgehead atoms. The second kappa shape index (κ2) is 6.11. The largest absolute Gasteiger partial charge is 0.392 e. The fourth-order valence-electron chi connectivity index (χ4n) is 3.17. The average Bonchev–Trinajstić information content (AvgIpc) is 2.96. The zero-order valence-electron chi connectivity index (χ0n) is 11.7. The SMILES string of the molecule is OCC1=CC(NC2C3COC(O3)C(O)C2O)C(O)C(O)C1O. The number of hydrogen-bond acceptors (Lipinski definition) is 9. The molecule has 3 aliphatic rings. The van der Waals surface area contributed by atoms with Crippen LogP contribution in [-0.4, -0.2) is 98.9 Å². The van der Waals surface area contributed by atoms with Crippen LogP contribution in [0.4, 0.5) is 0 Å². The van der Waals surface area contributed by atoms with Crippen molar-refractivity contribution in [3.8, 4) is 0 Å². The van der Waals surface area contributed by atoms with Crippen molar-refractivity contribution in [3.63, 3.8) is 0 Å². The van der Waals surface area contributed by atoms with Gasteiger partial charge in [0.2, 0.25) is 0 Å². The van der Waals surface area contributed by atoms with Gasteiger partial charge in [-0.1, -0.05) is 6.08 Å². The zero-order chi connectivity index (χ0) is 16.0. The fourth-order valence-corrected chi connectivity index (χ4v) is 3.17. The molecule has 0 radical (unpaired) electrons. The van der Waals surface area contributed by atoms with E-state index in [-0.39, 0.29) is 12.2 Å². The molecule has 9 atom stereocenters. The van der Waals surface area contributed by atoms with Crippen molar-refractivity contribution in [2.45, 2.75) is 55.0 Å². The first-order valence-corrected chi connectivity index (χ1v) is 7.19. The summed E-state index contributed by atoms with van der Waals surface area (Å²) < 4.78 is 10.6. The minimum Gasteiger partial charge on any atom is -0.392 e. The molecule has 2 fully saturated rings. The van der Waals surface area contributed by atoms with E-state index < -0.39 is 61.6 Å². The molecule has 9 nitrogen and oxygen atoms in total. The van der Waals surface area contributed by atoms with Crippen LogP contribution in [0.15, 0.2) is 11.6 Å². The Labute approximate surface area is 126 Å². The molecule has 0 saturated carbocycles. The van der Waals surface area contributed by atoms with E-state index in [1.807, 2.05) is 0 Å². The maximum atomic E-state index is 10.1. The third-order valence-corrected chi connectivity index (χ3v) is 4.51. The van der Waals surface area contributed by atoms with Crippen LogP contribution < -0.4 is 5.32 Å². The lowest BCUT2D eigenvalue weighted by atomic mass is 9.86. The second-order valence-corrected chi connectivity index (χ2v) is 5.90. The summed E-state index contributed by atoms with van der Waals surface area (Å²) in [7, 11) is 0. The molecule has 2 heterocycles. The highest BCUT2D eigenvalue weighted by atomic mass is 16.7. The highest BCUT2D eigenvalue weighted by molar-refractivity contribution is 5.22. The van der Waals surface area contributed by atoms with Crippen molar-refractivity contribution >= 4 is 0 Å². The maximum absolute atomic E-state index is 10.1. The van der Waals surface area contributed by atoms with Gasteiger partial charge in [-0.15, -0.1) is 0 Å². The monoisotopic (exact) mass is 319 g/mol. The van der Waals surface area contributed by atoms with Crippen molar-refractivity contribution < 1.29 is 40.1 Å². The molecular weight excluding hydrogens is 298 g/mol. The molecule has 126 valence electrons. The average molecular weight is 319 g/mol. The first-order valence-electron chi connectivity index (χ1n) is 7.19. The first kappa shape index (κ1) is 16.2. The lowest BCUT2D eigenvalue weighted by molar-refractivity contribution is -0.204. The van der Waals surface area contributed by atoms with Gasteiger partial charge in [0.25, 0.3) is 0 Å². The third-order valence-electron chi connectivity index (χ3n) is 4.51. The summed E-state index contributed by atoms with van der Waals surface area (Å²) in [6, 6.07) is -1.56. The summed E-state index contributed by atoms with van der Waals surface area (Å²) in [5, 5.41) is 61.8. The van der Waals surface area contributed by atoms with E-state index in [1.54, 1.807) is 0 Å². The Hall–Kier alpha value is -0.620. The van der Waals surface area contributed by atoms with Gasteiger partial charge in [0.15, 0.2) is 6.29 Å². The van der Waals surface area contributed by atoms with E-state index in [9.17, 15) is 30.6 Å². The molecule has 3 rings (SSSR count). The molecule has 7 N–H and O–H groups in total. The highest BCUT2D eigenvalue weighted by Gasteiger charge is 2.51. The highest BCUT2D eigenvalue weighted by Crippen LogP contribution is 2.29. The Kier molecular flexibility index (Phi) is 4.52. The minimum absolute atomic E-state index is 0.169. The summed E-state index contributed by atoms with van der Waals surface area (Å²) in [5.74, 6) is 0. The van der Waals surface area contributed by atoms with Crippen LogP contribution in [0.2, 0.25) is 0 Å². The van der Waals surface area contributed by atoms with Gasteiger partial charge >= 0.3 is 0 Å². The van der Waals surface area contributed by atoms with E-state index in [0.717, 1.165) is 0 Å². The molecule has 1 aliphatic carbocycles. The fraction of sp³-hybridized carbons (Fsp3) is 0.846. The Bertz CT molecular complexity index is 446. The van der Waals surface area contributed by atoms with Gasteiger partial charge in [0.05, 0.1) is 25.3 Å². The van der Waals surface area contributed by atoms with Crippen LogP contribution in [0.25, 0.3) is 0 Å². The smallest absolute Gasteiger partial charge is 0.186 e. The molecule has 0 aromatic rings. The predicted octanol–water partition coefficient (Wildman–Crippen LogP) is -4.19. The topological polar surface area (TPSA) is 152 Å². The van der Waals surface area contributed by atoms with E-state index >= 15 is 0 Å². The maximum Gasteiger partial charge on any atom is 0.186 e. The number of nitrogens with one attached hydrogen (secondary N) is 1. The van der Waals surface area contributed by atoms with Crippen molar-refractivity contribution in [2.24, 2.45) is 0 Å². The van der Waals surface area contributed by atoms with Gasteiger partial charge in [0.1, 0.15) is 36.6 Å². The Morgan fingerprint density at radius 1 is 1.05 bits per heavy atom. The first-order chi connectivity index (χ1) is 10.4. The number of aliphatic hydroxyl groups is 6. The van der Waals surface area contributed by atoms with Crippen molar-refractivity contribution in [2.75, 3.05) is 13.2 Å². The molecule has 9 unspecified atom stereocenters. The third kappa shape index (κ3) is 2.58. The Morgan fingerprint density at radius 3 is 2.45 bits per heavy atom. The number of ether oxygens (including phenoxy) is 2. The number of aliphatic hydroxyl groups excluding tert-OH is 6. The number of rotatable bonds is 3. The molecule has 9 heteroatoms. The Balaban J connectivity index is 1.78. The van der Waals surface area contributed by atoms with Crippen LogP contribution >= 0.6 is 0 Å². The van der Waals surface area contributed by atoms with Gasteiger partial charge in [-0.05, 0) is 5.57 Å². The van der Waals surface area contributed by atoms with Gasteiger partial charge in [0, 0.05) is 0 Å². The van der Waals surface area contributed by atoms with E-state index in [4.69, 9.17) is 9.47 Å². The second-order valence-electron chi connectivity index (χ2n) is 5.90. The molecular formula is C13H21NO8. The van der Waals surface area contributed by atoms with Gasteiger partial charge in [-0.25, -0.2) is 0 Å². The lowest BCUT2D eigenvalue weighted by Crippen LogP contribution is -2.65. The zero-order valence-corrected chi connectivity index (χ0v) is 11.7. The normalized spacial score (nSPS) is 51.7. The van der Waals surface area contributed by atoms with Gasteiger partial charge in [-0.3, -0.25) is 0 Å². The molecule has 0 aromatic heterocycles. The Morgan fingerprint density at radius 2 is 1.77 bits per heavy atom. The van der Waals surface area contributed by atoms with Crippen molar-refractivity contribution in [3.05, 3.63) is 11.6 Å². The summed E-state index contributed by atoms with van der Waals surface area (Å²) in [6.45, 7) is -0.287. The molecule has 0 amide bonds. The number of hydrogen-bond donors (Lipinski definition) is 7. The van der Waals surface area contributed by atoms with Crippen molar-refractivity contribution in [1.29, 1.82) is 0 Å². The quantitative estimate of drug-likeness (QED) is 0.257. The molecule has 2 aliphatic heterocycles. The summed E-state index contributed by atoms with van der Waals surface area (Å²) in [5.41, 5.74) is 0.169. The van der Waals surface area contributed by atoms with Crippen LogP contribution in [0, 0.1) is 0 Å². The van der Waals surface area contributed by atoms with Crippen LogP contribution in [0.5, 0.6) is 0 Å². The summed E-state index contributed by atoms with van der Waals surface area (Å²) in [4.78, 5) is 0. The molecule has 2 saturated heterocycles. The summed E-state index contributed by atoms with van der Waals surface area (Å²) in [6.07, 6.45) is -6.53. The standard InChI is InChI=1S/C13H21NO8/c15-2-4-1-5(9(17)11(19)8(4)16)14-7-6-3-21-13(22-6)12(20)10(7)18/h1,5-20H,2-3H2. The summed E-state index contributed by atoms with van der Waals surface area (Å²) >= 11 is 0. The predicted molar refractivity (Wildman–Crippen MR) is 70.5 cm³/mol. The van der Waals surface area contributed by atoms with Crippen molar-refractivity contribution in [1.82, 2.24) is 5.32 Å². The molecule has 0 aromatic carbocycles. The van der Waals surface area contributed by atoms with E-state index in [1.165, 1.54) is 6.08 Å². The van der Waals surface area contributed by atoms with E-state index in [0.29, 0.717) is 0 Å². The van der Waals surface area contributed by atoms with Gasteiger partial charge in [-0.2, -0.15) is 0 Å². The minimum atomic E-state index is -1.47. The molecule has 0 spiro atoms. The number of fused-ring (bicyclic) bond motifs is 2. The van der Waals surface area contributed by atoms with Crippen LogP contribution in [-0.2, 0) is 9.47 Å². The van der Waals surface area contributed by atoms with Crippen LogP contribution in [0.1, 0.15) is 0 Å². The van der Waals surface area contributed by atoms with Crippen LogP contribution in [0.3, 0.4) is 0 Å². The van der Waals surface area contributed by atoms with Gasteiger partial charge < -0.3 is 45.4 Å². The lowest BCUT2D eigenvalue weighted by Gasteiger charge is -2.41. The van der Waals surface area contributed by atoms with E-state index in [2.05, 4.69) is 5.32 Å².